The molecule has 1 heterocycles. The van der Waals surface area contributed by atoms with Gasteiger partial charge in [-0.05, 0) is 54.7 Å². The third-order valence-electron chi connectivity index (χ3n) is 3.67. The fourth-order valence-electron chi connectivity index (χ4n) is 2.41. The number of alkyl halides is 1. The van der Waals surface area contributed by atoms with Gasteiger partial charge in [-0.3, -0.25) is 0 Å². The number of benzene rings is 2. The van der Waals surface area contributed by atoms with E-state index >= 15 is 0 Å². The summed E-state index contributed by atoms with van der Waals surface area (Å²) in [5.41, 5.74) is 2.09. The van der Waals surface area contributed by atoms with Crippen LogP contribution in [-0.4, -0.2) is 27.5 Å². The van der Waals surface area contributed by atoms with E-state index in [1.807, 2.05) is 30.3 Å². The average molecular weight is 471 g/mol. The van der Waals surface area contributed by atoms with Gasteiger partial charge in [-0.2, -0.15) is 4.37 Å². The molecule has 0 saturated heterocycles. The number of hydrogen-bond donors (Lipinski definition) is 1. The topological polar surface area (TPSA) is 42.4 Å². The number of nitrogens with zero attached hydrogens (tertiary/aromatic N) is 1. The molecule has 3 rings (SSSR count). The molecule has 0 amide bonds. The lowest BCUT2D eigenvalue weighted by Gasteiger charge is -2.11. The lowest BCUT2D eigenvalue weighted by atomic mass is 10.1. The normalized spacial score (nSPS) is 12.5. The van der Waals surface area contributed by atoms with Crippen molar-refractivity contribution in [3.8, 4) is 17.0 Å². The van der Waals surface area contributed by atoms with Crippen molar-refractivity contribution in [1.29, 1.82) is 0 Å². The Morgan fingerprint density at radius 3 is 2.71 bits per heavy atom. The number of fused-ring (bicyclic) bond motifs is 1. The van der Waals surface area contributed by atoms with Crippen LogP contribution in [0.5, 0.6) is 5.75 Å². The molecule has 126 valence electrons. The molecule has 6 heteroatoms. The van der Waals surface area contributed by atoms with E-state index < -0.39 is 6.10 Å². The number of aromatic nitrogens is 1. The average Bonchev–Trinajstić information content (AvgIpc) is 3.02. The van der Waals surface area contributed by atoms with Gasteiger partial charge in [-0.1, -0.05) is 44.0 Å². The Bertz CT molecular complexity index is 804. The fraction of sp³-hybridized carbons (Fsp3) is 0.278. The number of ether oxygens (including phenoxy) is 1. The molecule has 1 unspecified atom stereocenters. The summed E-state index contributed by atoms with van der Waals surface area (Å²) in [6.07, 6.45) is 1.24. The van der Waals surface area contributed by atoms with E-state index in [9.17, 15) is 5.11 Å². The van der Waals surface area contributed by atoms with Crippen LogP contribution in [0.4, 0.5) is 0 Å². The van der Waals surface area contributed by atoms with Gasteiger partial charge < -0.3 is 9.84 Å². The highest BCUT2D eigenvalue weighted by Gasteiger charge is 2.10. The maximum atomic E-state index is 9.87. The van der Waals surface area contributed by atoms with Crippen molar-refractivity contribution in [2.45, 2.75) is 18.9 Å². The molecule has 0 fully saturated rings. The molecular weight excluding hydrogens is 454 g/mol. The van der Waals surface area contributed by atoms with Crippen molar-refractivity contribution in [2.24, 2.45) is 0 Å². The molecule has 2 aromatic carbocycles. The summed E-state index contributed by atoms with van der Waals surface area (Å²) in [6.45, 7) is 0.316. The van der Waals surface area contributed by atoms with Gasteiger partial charge in [-0.25, -0.2) is 0 Å². The minimum Gasteiger partial charge on any atom is -0.491 e. The molecule has 0 aliphatic carbocycles. The SMILES string of the molecule is OC(CCCBr)COc1ccc2c(-c3ccc(Br)cc3)nsc2c1. The van der Waals surface area contributed by atoms with Crippen molar-refractivity contribution < 1.29 is 9.84 Å². The van der Waals surface area contributed by atoms with Crippen LogP contribution >= 0.6 is 43.4 Å². The summed E-state index contributed by atoms with van der Waals surface area (Å²) in [4.78, 5) is 0. The van der Waals surface area contributed by atoms with Gasteiger partial charge in [0.15, 0.2) is 0 Å². The molecule has 0 bridgehead atoms. The maximum Gasteiger partial charge on any atom is 0.120 e. The van der Waals surface area contributed by atoms with E-state index in [1.165, 1.54) is 11.5 Å². The third kappa shape index (κ3) is 4.36. The molecule has 0 aliphatic rings. The molecule has 0 spiro atoms. The van der Waals surface area contributed by atoms with Gasteiger partial charge in [0, 0.05) is 20.8 Å². The Labute approximate surface area is 162 Å². The second-order valence-corrected chi connectivity index (χ2v) is 8.01. The molecule has 0 aliphatic heterocycles. The van der Waals surface area contributed by atoms with Crippen molar-refractivity contribution in [2.75, 3.05) is 11.9 Å². The zero-order valence-corrected chi connectivity index (χ0v) is 16.9. The lowest BCUT2D eigenvalue weighted by molar-refractivity contribution is 0.0997. The van der Waals surface area contributed by atoms with Gasteiger partial charge in [-0.15, -0.1) is 0 Å². The van der Waals surface area contributed by atoms with E-state index in [2.05, 4.69) is 48.4 Å². The standard InChI is InChI=1S/C18H17Br2NO2S/c19-9-1-2-14(22)11-23-15-7-8-16-17(10-15)24-21-18(16)12-3-5-13(20)6-4-12/h3-8,10,14,22H,1-2,9,11H2. The summed E-state index contributed by atoms with van der Waals surface area (Å²) in [6, 6.07) is 14.1. The number of hydrogen-bond acceptors (Lipinski definition) is 4. The lowest BCUT2D eigenvalue weighted by Crippen LogP contribution is -2.17. The first kappa shape index (κ1) is 17.9. The Morgan fingerprint density at radius 2 is 1.96 bits per heavy atom. The van der Waals surface area contributed by atoms with E-state index in [1.54, 1.807) is 0 Å². The predicted molar refractivity (Wildman–Crippen MR) is 107 cm³/mol. The smallest absolute Gasteiger partial charge is 0.120 e. The summed E-state index contributed by atoms with van der Waals surface area (Å²) >= 11 is 8.29. The highest BCUT2D eigenvalue weighted by atomic mass is 79.9. The second-order valence-electron chi connectivity index (χ2n) is 5.49. The second kappa shape index (κ2) is 8.43. The molecule has 24 heavy (non-hydrogen) atoms. The predicted octanol–water partition coefficient (Wildman–Crippen LogP) is 5.64. The zero-order chi connectivity index (χ0) is 16.9. The van der Waals surface area contributed by atoms with Gasteiger partial charge in [0.05, 0.1) is 16.5 Å². The van der Waals surface area contributed by atoms with Crippen LogP contribution in [0.15, 0.2) is 46.9 Å². The van der Waals surface area contributed by atoms with Crippen LogP contribution in [0.1, 0.15) is 12.8 Å². The van der Waals surface area contributed by atoms with Gasteiger partial charge >= 0.3 is 0 Å². The molecule has 0 saturated carbocycles. The number of rotatable bonds is 7. The van der Waals surface area contributed by atoms with Crippen molar-refractivity contribution in [1.82, 2.24) is 4.37 Å². The fourth-order valence-corrected chi connectivity index (χ4v) is 3.83. The summed E-state index contributed by atoms with van der Waals surface area (Å²) in [7, 11) is 0. The Morgan fingerprint density at radius 1 is 1.17 bits per heavy atom. The van der Waals surface area contributed by atoms with Gasteiger partial charge in [0.2, 0.25) is 0 Å². The monoisotopic (exact) mass is 469 g/mol. The zero-order valence-electron chi connectivity index (χ0n) is 12.9. The minimum atomic E-state index is -0.432. The van der Waals surface area contributed by atoms with E-state index in [0.29, 0.717) is 6.61 Å². The molecular formula is C18H17Br2NO2S. The quantitative estimate of drug-likeness (QED) is 0.454. The van der Waals surface area contributed by atoms with Gasteiger partial charge in [0.25, 0.3) is 0 Å². The van der Waals surface area contributed by atoms with Crippen LogP contribution in [0.3, 0.4) is 0 Å². The number of halogens is 2. The molecule has 1 aromatic heterocycles. The first-order valence-corrected chi connectivity index (χ1v) is 10.4. The number of aliphatic hydroxyl groups is 1. The summed E-state index contributed by atoms with van der Waals surface area (Å²) < 4.78 is 12.4. The molecule has 1 N–H and O–H groups in total. The molecule has 3 nitrogen and oxygen atoms in total. The van der Waals surface area contributed by atoms with Crippen molar-refractivity contribution >= 4 is 53.5 Å². The van der Waals surface area contributed by atoms with E-state index in [-0.39, 0.29) is 0 Å². The van der Waals surface area contributed by atoms with Crippen molar-refractivity contribution in [3.63, 3.8) is 0 Å². The Hall–Kier alpha value is -0.950. The first-order valence-electron chi connectivity index (χ1n) is 7.69. The summed E-state index contributed by atoms with van der Waals surface area (Å²) in [5.74, 6) is 0.770. The van der Waals surface area contributed by atoms with Crippen LogP contribution in [0.2, 0.25) is 0 Å². The maximum absolute atomic E-state index is 9.87. The Balaban J connectivity index is 1.74. The highest BCUT2D eigenvalue weighted by molar-refractivity contribution is 9.10. The minimum absolute atomic E-state index is 0.316. The molecule has 1 atom stereocenters. The third-order valence-corrected chi connectivity index (χ3v) is 5.57. The van der Waals surface area contributed by atoms with Crippen molar-refractivity contribution in [3.05, 3.63) is 46.9 Å². The number of aliphatic hydroxyl groups excluding tert-OH is 1. The van der Waals surface area contributed by atoms with E-state index in [0.717, 1.165) is 49.7 Å². The molecule has 0 radical (unpaired) electrons. The Kier molecular flexibility index (Phi) is 6.27. The van der Waals surface area contributed by atoms with E-state index in [4.69, 9.17) is 4.74 Å². The van der Waals surface area contributed by atoms with Crippen LogP contribution in [-0.2, 0) is 0 Å². The largest absolute Gasteiger partial charge is 0.491 e. The highest BCUT2D eigenvalue weighted by Crippen LogP contribution is 2.33. The van der Waals surface area contributed by atoms with Gasteiger partial charge in [0.1, 0.15) is 12.4 Å². The first-order chi connectivity index (χ1) is 11.7. The van der Waals surface area contributed by atoms with Crippen LogP contribution < -0.4 is 4.74 Å². The van der Waals surface area contributed by atoms with Crippen LogP contribution in [0, 0.1) is 0 Å². The molecule has 3 aromatic rings. The van der Waals surface area contributed by atoms with Crippen LogP contribution in [0.25, 0.3) is 21.3 Å². The summed E-state index contributed by atoms with van der Waals surface area (Å²) in [5, 5.41) is 11.9.